The Hall–Kier alpha value is -0.950. The van der Waals surface area contributed by atoms with Gasteiger partial charge in [0.05, 0.1) is 0 Å². The summed E-state index contributed by atoms with van der Waals surface area (Å²) in [5.74, 6) is 1.74. The van der Waals surface area contributed by atoms with E-state index in [-0.39, 0.29) is 0 Å². The Morgan fingerprint density at radius 1 is 1.50 bits per heavy atom. The van der Waals surface area contributed by atoms with Crippen LogP contribution in [0.25, 0.3) is 0 Å². The van der Waals surface area contributed by atoms with Crippen molar-refractivity contribution in [1.82, 2.24) is 5.32 Å². The average Bonchev–Trinajstić information content (AvgIpc) is 2.14. The summed E-state index contributed by atoms with van der Waals surface area (Å²) in [7, 11) is 1.24. The van der Waals surface area contributed by atoms with E-state index in [1.807, 2.05) is 0 Å². The van der Waals surface area contributed by atoms with Crippen LogP contribution in [0.4, 0.5) is 0 Å². The van der Waals surface area contributed by atoms with Gasteiger partial charge in [0.2, 0.25) is 0 Å². The summed E-state index contributed by atoms with van der Waals surface area (Å²) in [6.07, 6.45) is 5.66. The van der Waals surface area contributed by atoms with Crippen molar-refractivity contribution in [2.24, 2.45) is 0 Å². The van der Waals surface area contributed by atoms with E-state index in [0.29, 0.717) is 19.1 Å². The Kier molecular flexibility index (Phi) is 6.95. The van der Waals surface area contributed by atoms with Gasteiger partial charge in [-0.1, -0.05) is 0 Å². The van der Waals surface area contributed by atoms with E-state index in [1.54, 1.807) is 5.82 Å². The molecule has 14 heavy (non-hydrogen) atoms. The van der Waals surface area contributed by atoms with Crippen molar-refractivity contribution in [2.45, 2.75) is 31.7 Å². The summed E-state index contributed by atoms with van der Waals surface area (Å²) in [5.41, 5.74) is 0.293. The Bertz CT molecular complexity index is 243. The van der Waals surface area contributed by atoms with Crippen LogP contribution in [0.2, 0.25) is 0 Å². The SMILES string of the molecule is CC1(NCB=O)CCC1.O=BC#CO. The van der Waals surface area contributed by atoms with Crippen molar-refractivity contribution in [3.05, 3.63) is 0 Å². The van der Waals surface area contributed by atoms with Gasteiger partial charge >= 0.3 is 84.2 Å². The van der Waals surface area contributed by atoms with E-state index in [1.165, 1.54) is 25.4 Å². The quantitative estimate of drug-likeness (QED) is 0.483. The third-order valence-corrected chi connectivity index (χ3v) is 2.19. The van der Waals surface area contributed by atoms with Crippen LogP contribution in [0.5, 0.6) is 0 Å². The van der Waals surface area contributed by atoms with Crippen molar-refractivity contribution >= 4 is 14.3 Å². The second-order valence-corrected chi connectivity index (χ2v) is 3.34. The van der Waals surface area contributed by atoms with Crippen LogP contribution in [-0.2, 0) is 9.41 Å². The maximum atomic E-state index is 9.93. The fourth-order valence-corrected chi connectivity index (χ4v) is 1.20. The number of rotatable bonds is 3. The first-order chi connectivity index (χ1) is 6.68. The molecule has 1 saturated carbocycles. The molecule has 1 rings (SSSR count). The van der Waals surface area contributed by atoms with Crippen molar-refractivity contribution in [1.29, 1.82) is 0 Å². The molecule has 0 spiro atoms. The van der Waals surface area contributed by atoms with E-state index in [9.17, 15) is 4.70 Å². The molecule has 2 N–H and O–H groups in total. The number of aliphatic hydroxyl groups excluding tert-OH is 1. The predicted molar refractivity (Wildman–Crippen MR) is 52.9 cm³/mol. The predicted octanol–water partition coefficient (Wildman–Crippen LogP) is -0.147. The molecule has 0 heterocycles. The summed E-state index contributed by atoms with van der Waals surface area (Å²) >= 11 is 0. The van der Waals surface area contributed by atoms with E-state index in [0.717, 1.165) is 7.15 Å². The molecule has 74 valence electrons. The van der Waals surface area contributed by atoms with Gasteiger partial charge < -0.3 is 0 Å². The van der Waals surface area contributed by atoms with Crippen LogP contribution in [-0.4, -0.2) is 31.4 Å². The fourth-order valence-electron chi connectivity index (χ4n) is 1.20. The van der Waals surface area contributed by atoms with Crippen molar-refractivity contribution < 1.29 is 14.5 Å². The molecule has 0 radical (unpaired) electrons. The van der Waals surface area contributed by atoms with Gasteiger partial charge in [0.25, 0.3) is 0 Å². The number of hydrogen-bond donors (Lipinski definition) is 2. The first-order valence-electron chi connectivity index (χ1n) is 4.45. The molecule has 0 amide bonds. The second kappa shape index (κ2) is 7.45. The molecule has 0 saturated heterocycles. The fraction of sp³-hybridized carbons (Fsp3) is 0.750. The standard InChI is InChI=1S/C6H12BNO.C2HBO2/c1-6(3-2-4-6)8-5-7-9;4-2-1-3-5/h8H,2-5H2,1H3;4H. The molecule has 0 aromatic carbocycles. The van der Waals surface area contributed by atoms with Crippen LogP contribution in [0.15, 0.2) is 0 Å². The molecule has 4 nitrogen and oxygen atoms in total. The summed E-state index contributed by atoms with van der Waals surface area (Å²) in [6.45, 7) is 2.17. The number of nitrogens with one attached hydrogen (secondary N) is 1. The maximum absolute atomic E-state index is 9.93. The number of hydrogen-bond acceptors (Lipinski definition) is 4. The molecule has 1 aliphatic rings. The van der Waals surface area contributed by atoms with Gasteiger partial charge in [-0.3, -0.25) is 0 Å². The second-order valence-electron chi connectivity index (χ2n) is 3.34. The minimum atomic E-state index is 0.293. The zero-order valence-corrected chi connectivity index (χ0v) is 8.25. The first-order valence-corrected chi connectivity index (χ1v) is 4.45. The summed E-state index contributed by atoms with van der Waals surface area (Å²) in [6, 6.07) is 0. The summed E-state index contributed by atoms with van der Waals surface area (Å²) < 4.78 is 19.0. The molecule has 0 atom stereocenters. The van der Waals surface area contributed by atoms with Crippen LogP contribution < -0.4 is 5.32 Å². The molecule has 1 fully saturated rings. The zero-order valence-electron chi connectivity index (χ0n) is 8.25. The van der Waals surface area contributed by atoms with Crippen LogP contribution in [0.1, 0.15) is 26.2 Å². The van der Waals surface area contributed by atoms with E-state index >= 15 is 0 Å². The molecule has 6 heteroatoms. The van der Waals surface area contributed by atoms with E-state index < -0.39 is 0 Å². The van der Waals surface area contributed by atoms with Crippen LogP contribution in [0.3, 0.4) is 0 Å². The molecule has 0 aromatic rings. The minimum absolute atomic E-state index is 0.293. The molecular formula is C8H13B2NO3. The first kappa shape index (κ1) is 13.0. The molecular weight excluding hydrogens is 180 g/mol. The van der Waals surface area contributed by atoms with Gasteiger partial charge in [-0.15, -0.1) is 0 Å². The van der Waals surface area contributed by atoms with Gasteiger partial charge in [0.15, 0.2) is 0 Å². The van der Waals surface area contributed by atoms with Gasteiger partial charge in [-0.25, -0.2) is 0 Å². The third kappa shape index (κ3) is 5.65. The van der Waals surface area contributed by atoms with E-state index in [2.05, 4.69) is 12.2 Å². The monoisotopic (exact) mass is 193 g/mol. The third-order valence-electron chi connectivity index (χ3n) is 2.19. The molecule has 0 aromatic heterocycles. The Morgan fingerprint density at radius 2 is 2.14 bits per heavy atom. The average molecular weight is 193 g/mol. The van der Waals surface area contributed by atoms with Gasteiger partial charge in [-0.2, -0.15) is 0 Å². The van der Waals surface area contributed by atoms with Crippen molar-refractivity contribution in [3.63, 3.8) is 0 Å². The van der Waals surface area contributed by atoms with Gasteiger partial charge in [0.1, 0.15) is 0 Å². The molecule has 0 aliphatic heterocycles. The normalized spacial score (nSPS) is 15.5. The van der Waals surface area contributed by atoms with Gasteiger partial charge in [-0.05, 0) is 0 Å². The van der Waals surface area contributed by atoms with Crippen molar-refractivity contribution in [2.75, 3.05) is 6.44 Å². The summed E-state index contributed by atoms with van der Waals surface area (Å²) in [4.78, 5) is 0. The zero-order chi connectivity index (χ0) is 10.9. The van der Waals surface area contributed by atoms with Crippen LogP contribution >= 0.6 is 0 Å². The number of aliphatic hydroxyl groups is 1. The van der Waals surface area contributed by atoms with E-state index in [4.69, 9.17) is 9.81 Å². The Balaban J connectivity index is 0.000000292. The van der Waals surface area contributed by atoms with Gasteiger partial charge in [0, 0.05) is 0 Å². The Labute approximate surface area is 85.0 Å². The molecule has 0 bridgehead atoms. The van der Waals surface area contributed by atoms with Crippen LogP contribution in [0, 0.1) is 11.9 Å². The summed E-state index contributed by atoms with van der Waals surface area (Å²) in [5, 5.41) is 10.7. The molecule has 1 aliphatic carbocycles. The Morgan fingerprint density at radius 3 is 2.36 bits per heavy atom. The molecule has 0 unspecified atom stereocenters. The topological polar surface area (TPSA) is 66.4 Å². The van der Waals surface area contributed by atoms with Crippen molar-refractivity contribution in [3.8, 4) is 11.9 Å².